The molecule has 4 rings (SSSR count). The number of nitrogens with one attached hydrogen (secondary N) is 3. The van der Waals surface area contributed by atoms with Gasteiger partial charge in [-0.15, -0.1) is 0 Å². The normalized spacial score (nSPS) is 13.8. The molecule has 1 saturated heterocycles. The number of carbonyl (C=O) groups excluding carboxylic acids is 2. The number of anilines is 1. The molecule has 3 aromatic rings. The molecule has 0 bridgehead atoms. The fraction of sp³-hybridized carbons (Fsp3) is 0.407. The van der Waals surface area contributed by atoms with Crippen molar-refractivity contribution in [3.05, 3.63) is 54.5 Å². The zero-order chi connectivity index (χ0) is 25.2. The summed E-state index contributed by atoms with van der Waals surface area (Å²) in [6.45, 7) is 6.34. The topological polar surface area (TPSA) is 108 Å². The Morgan fingerprint density at radius 1 is 1.03 bits per heavy atom. The van der Waals surface area contributed by atoms with E-state index in [4.69, 9.17) is 4.74 Å². The van der Waals surface area contributed by atoms with E-state index in [9.17, 15) is 9.59 Å². The predicted molar refractivity (Wildman–Crippen MR) is 141 cm³/mol. The first-order valence-corrected chi connectivity index (χ1v) is 12.6. The second-order valence-electron chi connectivity index (χ2n) is 8.85. The summed E-state index contributed by atoms with van der Waals surface area (Å²) in [5.74, 6) is 0.446. The van der Waals surface area contributed by atoms with Crippen LogP contribution in [0.25, 0.3) is 21.9 Å². The Kier molecular flexibility index (Phi) is 9.04. The fourth-order valence-electron chi connectivity index (χ4n) is 4.48. The van der Waals surface area contributed by atoms with Gasteiger partial charge in [-0.1, -0.05) is 18.6 Å². The second-order valence-corrected chi connectivity index (χ2v) is 8.85. The summed E-state index contributed by atoms with van der Waals surface area (Å²) >= 11 is 0. The lowest BCUT2D eigenvalue weighted by Crippen LogP contribution is -2.31. The molecule has 1 fully saturated rings. The fourth-order valence-corrected chi connectivity index (χ4v) is 4.48. The van der Waals surface area contributed by atoms with Crippen LogP contribution in [0.5, 0.6) is 0 Å². The maximum absolute atomic E-state index is 12.3. The molecule has 9 nitrogen and oxygen atoms in total. The van der Waals surface area contributed by atoms with Crippen molar-refractivity contribution < 1.29 is 14.3 Å². The average molecular weight is 491 g/mol. The molecule has 3 N–H and O–H groups in total. The van der Waals surface area contributed by atoms with Crippen molar-refractivity contribution in [2.75, 3.05) is 38.1 Å². The summed E-state index contributed by atoms with van der Waals surface area (Å²) in [5, 5.41) is 10.1. The summed E-state index contributed by atoms with van der Waals surface area (Å²) in [6, 6.07) is 9.40. The lowest BCUT2D eigenvalue weighted by atomic mass is 9.96. The van der Waals surface area contributed by atoms with Crippen molar-refractivity contribution >= 4 is 28.7 Å². The first-order valence-electron chi connectivity index (χ1n) is 12.6. The summed E-state index contributed by atoms with van der Waals surface area (Å²) in [7, 11) is 0. The Balaban J connectivity index is 1.43. The van der Waals surface area contributed by atoms with Crippen molar-refractivity contribution in [2.45, 2.75) is 39.2 Å². The molecular formula is C27H34N6O3. The molecule has 0 unspecified atom stereocenters. The van der Waals surface area contributed by atoms with Gasteiger partial charge in [-0.2, -0.15) is 0 Å². The number of rotatable bonds is 9. The highest BCUT2D eigenvalue weighted by molar-refractivity contribution is 6.00. The predicted octanol–water partition coefficient (Wildman–Crippen LogP) is 4.54. The molecule has 0 spiro atoms. The van der Waals surface area contributed by atoms with E-state index in [-0.39, 0.29) is 6.03 Å². The number of amides is 3. The van der Waals surface area contributed by atoms with Gasteiger partial charge < -0.3 is 20.3 Å². The van der Waals surface area contributed by atoms with Crippen molar-refractivity contribution in [2.24, 2.45) is 0 Å². The van der Waals surface area contributed by atoms with Gasteiger partial charge in [-0.3, -0.25) is 10.3 Å². The average Bonchev–Trinajstić information content (AvgIpc) is 2.91. The van der Waals surface area contributed by atoms with Crippen molar-refractivity contribution in [3.8, 4) is 11.1 Å². The monoisotopic (exact) mass is 490 g/mol. The molecule has 0 radical (unpaired) electrons. The highest BCUT2D eigenvalue weighted by atomic mass is 16.5. The van der Waals surface area contributed by atoms with Crippen LogP contribution in [0, 0.1) is 0 Å². The zero-order valence-corrected chi connectivity index (χ0v) is 20.8. The summed E-state index contributed by atoms with van der Waals surface area (Å²) < 4.78 is 5.39. The van der Waals surface area contributed by atoms with E-state index < -0.39 is 6.09 Å². The van der Waals surface area contributed by atoms with Gasteiger partial charge in [-0.05, 0) is 79.6 Å². The van der Waals surface area contributed by atoms with Gasteiger partial charge in [0.25, 0.3) is 0 Å². The molecule has 2 aromatic heterocycles. The van der Waals surface area contributed by atoms with Crippen LogP contribution in [0.1, 0.15) is 38.2 Å². The Labute approximate surface area is 211 Å². The maximum atomic E-state index is 12.3. The van der Waals surface area contributed by atoms with E-state index >= 15 is 0 Å². The molecule has 1 aromatic carbocycles. The molecule has 0 saturated carbocycles. The number of likely N-dealkylation sites (tertiary alicyclic amines) is 1. The van der Waals surface area contributed by atoms with E-state index in [1.807, 2.05) is 37.3 Å². The second kappa shape index (κ2) is 12.8. The van der Waals surface area contributed by atoms with E-state index in [1.165, 1.54) is 19.3 Å². The molecule has 3 amide bonds. The summed E-state index contributed by atoms with van der Waals surface area (Å²) in [6.07, 6.45) is 9.45. The quantitative estimate of drug-likeness (QED) is 0.380. The molecular weight excluding hydrogens is 456 g/mol. The van der Waals surface area contributed by atoms with Gasteiger partial charge in [0.1, 0.15) is 5.82 Å². The standard InChI is InChI=1S/C27H34N6O3/c1-2-29-26(34)32-25-17-23-22(20-9-11-28-12-10-20)8-7-21(24(23)19-30-25)18-31-27(35)36-16-6-15-33-13-4-3-5-14-33/h7-12,17,19H,2-6,13-16,18H2,1H3,(H,31,35)(H2,29,30,32,34). The number of ether oxygens (including phenoxy) is 1. The van der Waals surface area contributed by atoms with Crippen molar-refractivity contribution in [1.82, 2.24) is 25.5 Å². The van der Waals surface area contributed by atoms with Gasteiger partial charge in [0.2, 0.25) is 0 Å². The lowest BCUT2D eigenvalue weighted by molar-refractivity contribution is 0.135. The Morgan fingerprint density at radius 2 is 1.83 bits per heavy atom. The number of urea groups is 1. The highest BCUT2D eigenvalue weighted by Gasteiger charge is 2.13. The van der Waals surface area contributed by atoms with Gasteiger partial charge in [0.05, 0.1) is 6.61 Å². The van der Waals surface area contributed by atoms with Crippen LogP contribution in [-0.4, -0.2) is 59.8 Å². The SMILES string of the molecule is CCNC(=O)Nc1cc2c(-c3ccncc3)ccc(CNC(=O)OCCCN3CCCCC3)c2cn1. The number of nitrogens with zero attached hydrogens (tertiary/aromatic N) is 3. The van der Waals surface area contributed by atoms with Crippen LogP contribution in [0.15, 0.2) is 48.9 Å². The molecule has 9 heteroatoms. The van der Waals surface area contributed by atoms with Gasteiger partial charge in [-0.25, -0.2) is 14.6 Å². The first-order chi connectivity index (χ1) is 17.6. The third-order valence-electron chi connectivity index (χ3n) is 6.29. The number of pyridine rings is 2. The van der Waals surface area contributed by atoms with E-state index in [1.54, 1.807) is 18.6 Å². The number of hydrogen-bond acceptors (Lipinski definition) is 6. The number of hydrogen-bond donors (Lipinski definition) is 3. The van der Waals surface area contributed by atoms with E-state index in [0.717, 1.165) is 53.5 Å². The zero-order valence-electron chi connectivity index (χ0n) is 20.8. The summed E-state index contributed by atoms with van der Waals surface area (Å²) in [4.78, 5) is 35.3. The minimum Gasteiger partial charge on any atom is -0.450 e. The minimum atomic E-state index is -0.428. The number of carbonyl (C=O) groups is 2. The maximum Gasteiger partial charge on any atom is 0.407 e. The van der Waals surface area contributed by atoms with Crippen molar-refractivity contribution in [3.63, 3.8) is 0 Å². The first kappa shape index (κ1) is 25.4. The van der Waals surface area contributed by atoms with Gasteiger partial charge in [0.15, 0.2) is 0 Å². The molecule has 3 heterocycles. The van der Waals surface area contributed by atoms with Crippen LogP contribution in [-0.2, 0) is 11.3 Å². The number of fused-ring (bicyclic) bond motifs is 1. The summed E-state index contributed by atoms with van der Waals surface area (Å²) in [5.41, 5.74) is 2.89. The minimum absolute atomic E-state index is 0.308. The molecule has 0 aliphatic carbocycles. The van der Waals surface area contributed by atoms with E-state index in [2.05, 4.69) is 30.8 Å². The van der Waals surface area contributed by atoms with Crippen LogP contribution in [0.3, 0.4) is 0 Å². The Hall–Kier alpha value is -3.72. The lowest BCUT2D eigenvalue weighted by Gasteiger charge is -2.26. The third kappa shape index (κ3) is 6.91. The number of alkyl carbamates (subject to hydrolysis) is 1. The smallest absolute Gasteiger partial charge is 0.407 e. The highest BCUT2D eigenvalue weighted by Crippen LogP contribution is 2.31. The number of aromatic nitrogens is 2. The van der Waals surface area contributed by atoms with Gasteiger partial charge >= 0.3 is 12.1 Å². The number of benzene rings is 1. The largest absolute Gasteiger partial charge is 0.450 e. The van der Waals surface area contributed by atoms with Crippen LogP contribution in [0.4, 0.5) is 15.4 Å². The van der Waals surface area contributed by atoms with E-state index in [0.29, 0.717) is 25.5 Å². The third-order valence-corrected chi connectivity index (χ3v) is 6.29. The Bertz CT molecular complexity index is 1160. The van der Waals surface area contributed by atoms with Crippen LogP contribution in [0.2, 0.25) is 0 Å². The molecule has 1 aliphatic rings. The number of piperidine rings is 1. The van der Waals surface area contributed by atoms with Crippen molar-refractivity contribution in [1.29, 1.82) is 0 Å². The molecule has 36 heavy (non-hydrogen) atoms. The van der Waals surface area contributed by atoms with Crippen LogP contribution < -0.4 is 16.0 Å². The van der Waals surface area contributed by atoms with Gasteiger partial charge in [0, 0.05) is 43.6 Å². The molecule has 190 valence electrons. The molecule has 1 aliphatic heterocycles. The Morgan fingerprint density at radius 3 is 2.61 bits per heavy atom. The molecule has 0 atom stereocenters. The van der Waals surface area contributed by atoms with Crippen LogP contribution >= 0.6 is 0 Å².